The first-order valence-electron chi connectivity index (χ1n) is 7.47. The summed E-state index contributed by atoms with van der Waals surface area (Å²) in [6, 6.07) is 8.06. The second-order valence-electron chi connectivity index (χ2n) is 6.22. The van der Waals surface area contributed by atoms with E-state index in [-0.39, 0.29) is 6.09 Å². The van der Waals surface area contributed by atoms with Gasteiger partial charge in [0.1, 0.15) is 0 Å². The third-order valence-corrected chi connectivity index (χ3v) is 3.71. The number of benzene rings is 1. The van der Waals surface area contributed by atoms with Gasteiger partial charge >= 0.3 is 6.09 Å². The molecule has 0 saturated heterocycles. The van der Waals surface area contributed by atoms with E-state index in [4.69, 9.17) is 4.74 Å². The van der Waals surface area contributed by atoms with Crippen LogP contribution in [0.3, 0.4) is 0 Å². The molecule has 3 nitrogen and oxygen atoms in total. The molecule has 3 heteroatoms. The van der Waals surface area contributed by atoms with Gasteiger partial charge in [0, 0.05) is 0 Å². The molecule has 0 aliphatic rings. The molecule has 0 heterocycles. The first-order valence-corrected chi connectivity index (χ1v) is 7.47. The average Bonchev–Trinajstić information content (AvgIpc) is 2.44. The molecule has 0 aromatic heterocycles. The Morgan fingerprint density at radius 2 is 1.90 bits per heavy atom. The zero-order valence-corrected chi connectivity index (χ0v) is 13.8. The van der Waals surface area contributed by atoms with Gasteiger partial charge in [-0.05, 0) is 37.8 Å². The maximum atomic E-state index is 11.9. The van der Waals surface area contributed by atoms with Gasteiger partial charge in [-0.2, -0.15) is 0 Å². The molecule has 0 aliphatic heterocycles. The van der Waals surface area contributed by atoms with Crippen molar-refractivity contribution in [3.63, 3.8) is 0 Å². The molecule has 0 saturated carbocycles. The minimum atomic E-state index is -0.472. The van der Waals surface area contributed by atoms with Crippen LogP contribution >= 0.6 is 0 Å². The maximum Gasteiger partial charge on any atom is 0.407 e. The fraction of sp³-hybridized carbons (Fsp3) is 0.500. The Morgan fingerprint density at radius 3 is 2.38 bits per heavy atom. The van der Waals surface area contributed by atoms with Crippen LogP contribution in [0.1, 0.15) is 52.2 Å². The lowest BCUT2D eigenvalue weighted by molar-refractivity contribution is 0.120. The molecule has 1 N–H and O–H groups in total. The minimum Gasteiger partial charge on any atom is -0.449 e. The number of allylic oxidation sites excluding steroid dienone is 1. The summed E-state index contributed by atoms with van der Waals surface area (Å²) in [6.45, 7) is 14.4. The van der Waals surface area contributed by atoms with Crippen LogP contribution < -0.4 is 5.32 Å². The quantitative estimate of drug-likeness (QED) is 0.822. The molecule has 1 amide bonds. The van der Waals surface area contributed by atoms with Gasteiger partial charge in [-0.1, -0.05) is 56.7 Å². The zero-order chi connectivity index (χ0) is 16.0. The number of alkyl carbamates (subject to hydrolysis) is 1. The molecule has 1 unspecified atom stereocenters. The lowest BCUT2D eigenvalue weighted by atomic mass is 9.93. The molecule has 116 valence electrons. The summed E-state index contributed by atoms with van der Waals surface area (Å²) in [5.41, 5.74) is 2.70. The smallest absolute Gasteiger partial charge is 0.407 e. The van der Waals surface area contributed by atoms with Crippen molar-refractivity contribution in [3.05, 3.63) is 42.0 Å². The third kappa shape index (κ3) is 5.25. The van der Waals surface area contributed by atoms with E-state index in [0.29, 0.717) is 12.5 Å². The summed E-state index contributed by atoms with van der Waals surface area (Å²) in [5, 5.41) is 2.92. The van der Waals surface area contributed by atoms with Gasteiger partial charge < -0.3 is 10.1 Å². The van der Waals surface area contributed by atoms with Crippen molar-refractivity contribution in [2.45, 2.75) is 46.6 Å². The van der Waals surface area contributed by atoms with E-state index in [9.17, 15) is 4.79 Å². The van der Waals surface area contributed by atoms with Crippen LogP contribution in [0.5, 0.6) is 0 Å². The van der Waals surface area contributed by atoms with Crippen LogP contribution in [0.25, 0.3) is 5.57 Å². The van der Waals surface area contributed by atoms with Crippen molar-refractivity contribution in [2.24, 2.45) is 5.92 Å². The fourth-order valence-electron chi connectivity index (χ4n) is 1.87. The van der Waals surface area contributed by atoms with Gasteiger partial charge in [0.2, 0.25) is 0 Å². The summed E-state index contributed by atoms with van der Waals surface area (Å²) < 4.78 is 5.25. The molecule has 21 heavy (non-hydrogen) atoms. The lowest BCUT2D eigenvalue weighted by Gasteiger charge is -2.27. The number of carbonyl (C=O) groups excluding carboxylic acids is 1. The third-order valence-electron chi connectivity index (χ3n) is 3.71. The second-order valence-corrected chi connectivity index (χ2v) is 6.22. The topological polar surface area (TPSA) is 38.3 Å². The van der Waals surface area contributed by atoms with Crippen LogP contribution in [0.4, 0.5) is 4.79 Å². The van der Waals surface area contributed by atoms with Crippen molar-refractivity contribution in [2.75, 3.05) is 6.61 Å². The van der Waals surface area contributed by atoms with Crippen molar-refractivity contribution in [1.82, 2.24) is 5.32 Å². The van der Waals surface area contributed by atoms with E-state index in [1.807, 2.05) is 45.0 Å². The Hall–Kier alpha value is -1.77. The molecule has 0 aliphatic carbocycles. The van der Waals surface area contributed by atoms with E-state index >= 15 is 0 Å². The molecular formula is C18H27NO2. The molecule has 0 spiro atoms. The summed E-state index contributed by atoms with van der Waals surface area (Å²) in [6.07, 6.45) is 0.628. The standard InChI is InChI=1S/C18H27NO2/c1-7-14(4)12-21-17(20)19-18(5,6)16-10-8-15(9-11-16)13(2)3/h8-11,14H,2,7,12H2,1,3-6H3,(H,19,20). The average molecular weight is 289 g/mol. The maximum absolute atomic E-state index is 11.9. The highest BCUT2D eigenvalue weighted by Gasteiger charge is 2.23. The van der Waals surface area contributed by atoms with Gasteiger partial charge in [0.05, 0.1) is 12.1 Å². The Balaban J connectivity index is 2.67. The Bertz CT molecular complexity index is 488. The second kappa shape index (κ2) is 7.30. The Kier molecular flexibility index (Phi) is 6.01. The zero-order valence-electron chi connectivity index (χ0n) is 13.8. The molecular weight excluding hydrogens is 262 g/mol. The van der Waals surface area contributed by atoms with Gasteiger partial charge in [0.25, 0.3) is 0 Å². The molecule has 1 rings (SSSR count). The van der Waals surface area contributed by atoms with Gasteiger partial charge in [-0.15, -0.1) is 0 Å². The number of hydrogen-bond acceptors (Lipinski definition) is 2. The number of nitrogens with one attached hydrogen (secondary N) is 1. The minimum absolute atomic E-state index is 0.371. The predicted octanol–water partition coefficient (Wildman–Crippen LogP) is 4.73. The molecule has 0 fully saturated rings. The van der Waals surface area contributed by atoms with Gasteiger partial charge in [0.15, 0.2) is 0 Å². The first kappa shape index (κ1) is 17.3. The van der Waals surface area contributed by atoms with Crippen LogP contribution in [0.15, 0.2) is 30.8 Å². The summed E-state index contributed by atoms with van der Waals surface area (Å²) in [7, 11) is 0. The normalized spacial score (nSPS) is 12.6. The highest BCUT2D eigenvalue weighted by molar-refractivity contribution is 5.69. The van der Waals surface area contributed by atoms with E-state index < -0.39 is 5.54 Å². The summed E-state index contributed by atoms with van der Waals surface area (Å²) in [5.74, 6) is 0.383. The number of rotatable bonds is 6. The van der Waals surface area contributed by atoms with Crippen LogP contribution in [-0.4, -0.2) is 12.7 Å². The monoisotopic (exact) mass is 289 g/mol. The number of ether oxygens (including phenoxy) is 1. The predicted molar refractivity (Wildman–Crippen MR) is 88.1 cm³/mol. The van der Waals surface area contributed by atoms with E-state index in [2.05, 4.69) is 25.7 Å². The highest BCUT2D eigenvalue weighted by Crippen LogP contribution is 2.22. The van der Waals surface area contributed by atoms with Gasteiger partial charge in [-0.25, -0.2) is 4.79 Å². The highest BCUT2D eigenvalue weighted by atomic mass is 16.5. The summed E-state index contributed by atoms with van der Waals surface area (Å²) >= 11 is 0. The lowest BCUT2D eigenvalue weighted by Crippen LogP contribution is -2.41. The van der Waals surface area contributed by atoms with E-state index in [0.717, 1.165) is 23.1 Å². The fourth-order valence-corrected chi connectivity index (χ4v) is 1.87. The van der Waals surface area contributed by atoms with Crippen LogP contribution in [0, 0.1) is 5.92 Å². The molecule has 0 bridgehead atoms. The Morgan fingerprint density at radius 1 is 1.33 bits per heavy atom. The van der Waals surface area contributed by atoms with Crippen LogP contribution in [0.2, 0.25) is 0 Å². The molecule has 1 aromatic rings. The molecule has 1 atom stereocenters. The largest absolute Gasteiger partial charge is 0.449 e. The number of carbonyl (C=O) groups is 1. The van der Waals surface area contributed by atoms with E-state index in [1.165, 1.54) is 0 Å². The van der Waals surface area contributed by atoms with Crippen molar-refractivity contribution >= 4 is 11.7 Å². The van der Waals surface area contributed by atoms with E-state index in [1.54, 1.807) is 0 Å². The van der Waals surface area contributed by atoms with Crippen molar-refractivity contribution in [3.8, 4) is 0 Å². The van der Waals surface area contributed by atoms with Crippen molar-refractivity contribution in [1.29, 1.82) is 0 Å². The SMILES string of the molecule is C=C(C)c1ccc(C(C)(C)NC(=O)OCC(C)CC)cc1. The first-order chi connectivity index (χ1) is 9.76. The number of amides is 1. The number of hydrogen-bond donors (Lipinski definition) is 1. The molecule has 0 radical (unpaired) electrons. The molecule has 1 aromatic carbocycles. The van der Waals surface area contributed by atoms with Gasteiger partial charge in [-0.3, -0.25) is 0 Å². The van der Waals surface area contributed by atoms with Crippen molar-refractivity contribution < 1.29 is 9.53 Å². The van der Waals surface area contributed by atoms with Crippen LogP contribution in [-0.2, 0) is 10.3 Å². The Labute approximate surface area is 128 Å². The summed E-state index contributed by atoms with van der Waals surface area (Å²) in [4.78, 5) is 11.9.